The predicted molar refractivity (Wildman–Crippen MR) is 103 cm³/mol. The van der Waals surface area contributed by atoms with Crippen LogP contribution in [0.25, 0.3) is 0 Å². The fourth-order valence-electron chi connectivity index (χ4n) is 2.39. The molecule has 1 amide bonds. The third kappa shape index (κ3) is 6.21. The Kier molecular flexibility index (Phi) is 7.08. The van der Waals surface area contributed by atoms with Gasteiger partial charge in [-0.2, -0.15) is 0 Å². The second-order valence-corrected chi connectivity index (χ2v) is 9.41. The predicted octanol–water partition coefficient (Wildman–Crippen LogP) is 3.46. The lowest BCUT2D eigenvalue weighted by Gasteiger charge is -2.20. The number of carbonyl (C=O) groups is 1. The highest BCUT2D eigenvalue weighted by atomic mass is 32.2. The van der Waals surface area contributed by atoms with E-state index in [0.29, 0.717) is 0 Å². The average Bonchev–Trinajstić information content (AvgIpc) is 2.60. The molecule has 0 radical (unpaired) electrons. The van der Waals surface area contributed by atoms with E-state index in [2.05, 4.69) is 5.32 Å². The van der Waals surface area contributed by atoms with Gasteiger partial charge in [-0.05, 0) is 24.6 Å². The van der Waals surface area contributed by atoms with Crippen LogP contribution in [0.1, 0.15) is 24.7 Å². The van der Waals surface area contributed by atoms with E-state index in [-0.39, 0.29) is 17.4 Å². The van der Waals surface area contributed by atoms with E-state index in [9.17, 15) is 13.2 Å². The van der Waals surface area contributed by atoms with Crippen LogP contribution in [-0.2, 0) is 14.6 Å². The summed E-state index contributed by atoms with van der Waals surface area (Å²) in [6.07, 6.45) is 0. The van der Waals surface area contributed by atoms with E-state index in [0.717, 1.165) is 10.5 Å². The summed E-state index contributed by atoms with van der Waals surface area (Å²) in [6, 6.07) is 18.8. The maximum Gasteiger partial charge on any atom is 0.238 e. The first-order chi connectivity index (χ1) is 11.9. The minimum absolute atomic E-state index is 0.0489. The Labute approximate surface area is 154 Å². The first kappa shape index (κ1) is 19.5. The number of hydrogen-bond acceptors (Lipinski definition) is 4. The minimum Gasteiger partial charge on any atom is -0.351 e. The van der Waals surface area contributed by atoms with Crippen molar-refractivity contribution >= 4 is 27.5 Å². The number of benzene rings is 2. The van der Waals surface area contributed by atoms with E-state index in [4.69, 9.17) is 0 Å². The van der Waals surface area contributed by atoms with Crippen molar-refractivity contribution in [2.75, 3.05) is 11.5 Å². The summed E-state index contributed by atoms with van der Waals surface area (Å²) in [7, 11) is -3.14. The lowest BCUT2D eigenvalue weighted by Crippen LogP contribution is -2.40. The molecule has 2 rings (SSSR count). The fourth-order valence-corrected chi connectivity index (χ4v) is 4.53. The Morgan fingerprint density at radius 1 is 1.04 bits per heavy atom. The van der Waals surface area contributed by atoms with Crippen molar-refractivity contribution in [2.24, 2.45) is 0 Å². The molecule has 0 aromatic heterocycles. The summed E-state index contributed by atoms with van der Waals surface area (Å²) >= 11 is 1.45. The molecule has 0 spiro atoms. The monoisotopic (exact) mass is 377 g/mol. The van der Waals surface area contributed by atoms with Gasteiger partial charge in [-0.25, -0.2) is 8.42 Å². The van der Waals surface area contributed by atoms with Crippen LogP contribution in [0.2, 0.25) is 0 Å². The first-order valence-electron chi connectivity index (χ1n) is 8.18. The lowest BCUT2D eigenvalue weighted by molar-refractivity contribution is -0.121. The Balaban J connectivity index is 2.16. The highest BCUT2D eigenvalue weighted by molar-refractivity contribution is 8.00. The number of amides is 1. The molecule has 0 heterocycles. The third-order valence-electron chi connectivity index (χ3n) is 3.67. The SMILES string of the molecule is CCS(=O)(=O)CC(C)NC(=O)C(Sc1ccccc1)c1ccccc1. The highest BCUT2D eigenvalue weighted by Crippen LogP contribution is 2.35. The summed E-state index contributed by atoms with van der Waals surface area (Å²) in [6.45, 7) is 3.34. The number of thioether (sulfide) groups is 1. The molecular formula is C19H23NO3S2. The van der Waals surface area contributed by atoms with Gasteiger partial charge in [-0.1, -0.05) is 55.5 Å². The molecule has 0 fully saturated rings. The number of hydrogen-bond donors (Lipinski definition) is 1. The Morgan fingerprint density at radius 3 is 2.16 bits per heavy atom. The zero-order valence-electron chi connectivity index (χ0n) is 14.4. The lowest BCUT2D eigenvalue weighted by atomic mass is 10.1. The zero-order valence-corrected chi connectivity index (χ0v) is 16.0. The largest absolute Gasteiger partial charge is 0.351 e. The van der Waals surface area contributed by atoms with Gasteiger partial charge in [-0.15, -0.1) is 11.8 Å². The smallest absolute Gasteiger partial charge is 0.238 e. The maximum absolute atomic E-state index is 12.8. The normalized spacial score (nSPS) is 13.8. The van der Waals surface area contributed by atoms with Gasteiger partial charge in [0.15, 0.2) is 9.84 Å². The van der Waals surface area contributed by atoms with Crippen LogP contribution in [0.4, 0.5) is 0 Å². The quantitative estimate of drug-likeness (QED) is 0.716. The van der Waals surface area contributed by atoms with Crippen molar-refractivity contribution in [1.29, 1.82) is 0 Å². The molecule has 0 saturated heterocycles. The van der Waals surface area contributed by atoms with Crippen molar-refractivity contribution < 1.29 is 13.2 Å². The van der Waals surface area contributed by atoms with Crippen LogP contribution in [0, 0.1) is 0 Å². The number of nitrogens with one attached hydrogen (secondary N) is 1. The Hall–Kier alpha value is -1.79. The van der Waals surface area contributed by atoms with Gasteiger partial charge in [0.1, 0.15) is 5.25 Å². The molecule has 0 aliphatic carbocycles. The molecule has 25 heavy (non-hydrogen) atoms. The van der Waals surface area contributed by atoms with Gasteiger partial charge >= 0.3 is 0 Å². The molecule has 2 aromatic carbocycles. The molecule has 4 nitrogen and oxygen atoms in total. The highest BCUT2D eigenvalue weighted by Gasteiger charge is 2.24. The number of sulfone groups is 1. The van der Waals surface area contributed by atoms with Crippen LogP contribution >= 0.6 is 11.8 Å². The summed E-state index contributed by atoms with van der Waals surface area (Å²) < 4.78 is 23.5. The molecule has 0 saturated carbocycles. The average molecular weight is 378 g/mol. The van der Waals surface area contributed by atoms with Gasteiger partial charge in [0.05, 0.1) is 5.75 Å². The third-order valence-corrected chi connectivity index (χ3v) is 6.82. The van der Waals surface area contributed by atoms with Crippen LogP contribution in [0.5, 0.6) is 0 Å². The second-order valence-electron chi connectivity index (χ2n) is 5.83. The van der Waals surface area contributed by atoms with E-state index >= 15 is 0 Å². The van der Waals surface area contributed by atoms with Crippen molar-refractivity contribution in [3.8, 4) is 0 Å². The van der Waals surface area contributed by atoms with Crippen LogP contribution < -0.4 is 5.32 Å². The summed E-state index contributed by atoms with van der Waals surface area (Å²) in [4.78, 5) is 13.8. The molecule has 2 unspecified atom stereocenters. The summed E-state index contributed by atoms with van der Waals surface area (Å²) in [5, 5.41) is 2.42. The summed E-state index contributed by atoms with van der Waals surface area (Å²) in [5.41, 5.74) is 0.888. The fraction of sp³-hybridized carbons (Fsp3) is 0.316. The van der Waals surface area contributed by atoms with E-state index in [1.165, 1.54) is 11.8 Å². The van der Waals surface area contributed by atoms with Gasteiger partial charge in [0, 0.05) is 16.7 Å². The van der Waals surface area contributed by atoms with Crippen LogP contribution in [0.15, 0.2) is 65.6 Å². The number of rotatable bonds is 8. The Morgan fingerprint density at radius 2 is 1.60 bits per heavy atom. The molecule has 2 atom stereocenters. The molecule has 1 N–H and O–H groups in total. The molecule has 0 bridgehead atoms. The van der Waals surface area contributed by atoms with Crippen LogP contribution in [-0.4, -0.2) is 31.9 Å². The molecule has 0 aliphatic rings. The van der Waals surface area contributed by atoms with E-state index in [1.807, 2.05) is 60.7 Å². The van der Waals surface area contributed by atoms with Gasteiger partial charge in [-0.3, -0.25) is 4.79 Å². The Bertz CT molecular complexity index is 777. The molecular weight excluding hydrogens is 354 g/mol. The van der Waals surface area contributed by atoms with E-state index in [1.54, 1.807) is 13.8 Å². The van der Waals surface area contributed by atoms with Crippen molar-refractivity contribution in [3.63, 3.8) is 0 Å². The first-order valence-corrected chi connectivity index (χ1v) is 10.9. The molecule has 0 aliphatic heterocycles. The second kappa shape index (κ2) is 9.06. The van der Waals surface area contributed by atoms with Crippen LogP contribution in [0.3, 0.4) is 0 Å². The van der Waals surface area contributed by atoms with Crippen molar-refractivity contribution in [2.45, 2.75) is 30.0 Å². The van der Waals surface area contributed by atoms with E-state index < -0.39 is 21.1 Å². The maximum atomic E-state index is 12.8. The number of carbonyl (C=O) groups excluding carboxylic acids is 1. The zero-order chi connectivity index (χ0) is 18.3. The topological polar surface area (TPSA) is 63.2 Å². The van der Waals surface area contributed by atoms with Crippen molar-refractivity contribution in [3.05, 3.63) is 66.2 Å². The van der Waals surface area contributed by atoms with Gasteiger partial charge in [0.25, 0.3) is 0 Å². The van der Waals surface area contributed by atoms with Crippen molar-refractivity contribution in [1.82, 2.24) is 5.32 Å². The standard InChI is InChI=1S/C19H23NO3S2/c1-3-25(22,23)14-15(2)20-19(21)18(16-10-6-4-7-11-16)24-17-12-8-5-9-13-17/h4-13,15,18H,3,14H2,1-2H3,(H,20,21). The molecule has 2 aromatic rings. The summed E-state index contributed by atoms with van der Waals surface area (Å²) in [5.74, 6) is -0.153. The van der Waals surface area contributed by atoms with Gasteiger partial charge in [0.2, 0.25) is 5.91 Å². The molecule has 6 heteroatoms. The molecule has 134 valence electrons. The van der Waals surface area contributed by atoms with Gasteiger partial charge < -0.3 is 5.32 Å². The minimum atomic E-state index is -3.14.